The zero-order valence-corrected chi connectivity index (χ0v) is 26.5. The number of hydrogen-bond acceptors (Lipinski definition) is 1. The molecule has 0 radical (unpaired) electrons. The first-order chi connectivity index (χ1) is 23.8. The second kappa shape index (κ2) is 10.4. The van der Waals surface area contributed by atoms with E-state index < -0.39 is 0 Å². The van der Waals surface area contributed by atoms with E-state index in [1.54, 1.807) is 0 Å². The Balaban J connectivity index is 1.26. The van der Waals surface area contributed by atoms with E-state index in [1.165, 1.54) is 76.5 Å². The van der Waals surface area contributed by atoms with Gasteiger partial charge < -0.3 is 4.42 Å². The molecule has 0 aliphatic carbocycles. The molecule has 0 spiro atoms. The van der Waals surface area contributed by atoms with Gasteiger partial charge >= 0.3 is 0 Å². The summed E-state index contributed by atoms with van der Waals surface area (Å²) in [5, 5.41) is 12.3. The molecule has 48 heavy (non-hydrogen) atoms. The van der Waals surface area contributed by atoms with Gasteiger partial charge in [-0.1, -0.05) is 152 Å². The van der Waals surface area contributed by atoms with E-state index in [0.717, 1.165) is 27.5 Å². The molecule has 0 fully saturated rings. The molecule has 1 heterocycles. The van der Waals surface area contributed by atoms with Crippen LogP contribution < -0.4 is 0 Å². The number of hydrogen-bond donors (Lipinski definition) is 0. The highest BCUT2D eigenvalue weighted by Gasteiger charge is 2.20. The maximum absolute atomic E-state index is 6.81. The quantitative estimate of drug-likeness (QED) is 0.181. The van der Waals surface area contributed by atoms with Gasteiger partial charge in [0.25, 0.3) is 0 Å². The van der Waals surface area contributed by atoms with Crippen molar-refractivity contribution in [2.24, 2.45) is 0 Å². The second-order valence-electron chi connectivity index (χ2n) is 12.8. The third-order valence-electron chi connectivity index (χ3n) is 10.2. The molecule has 0 aliphatic heterocycles. The maximum Gasteiger partial charge on any atom is 0.143 e. The van der Waals surface area contributed by atoms with Gasteiger partial charge in [-0.25, -0.2) is 0 Å². The lowest BCUT2D eigenvalue weighted by Crippen LogP contribution is -1.90. The maximum atomic E-state index is 6.81. The van der Waals surface area contributed by atoms with Crippen molar-refractivity contribution < 1.29 is 4.42 Å². The summed E-state index contributed by atoms with van der Waals surface area (Å²) in [4.78, 5) is 0. The molecule has 10 rings (SSSR count). The molecule has 1 aromatic heterocycles. The van der Waals surface area contributed by atoms with Crippen LogP contribution in [0.2, 0.25) is 0 Å². The smallest absolute Gasteiger partial charge is 0.143 e. The standard InChI is InChI=1S/C47H30O/c1-29-32-16-5-7-18-34(32)46(35-19-8-6-17-33(29)35)41-25-13-24-40-42-28-31(26-27-43(42)48-47(40)41)45-38-22-11-9-20-36(38)44(30-14-3-2-4-15-30)37-21-10-12-23-39(37)45/h2-28H,1H3. The van der Waals surface area contributed by atoms with E-state index in [9.17, 15) is 0 Å². The molecule has 1 nitrogen and oxygen atoms in total. The third kappa shape index (κ3) is 3.85. The minimum absolute atomic E-state index is 0.899. The highest BCUT2D eigenvalue weighted by Crippen LogP contribution is 2.47. The Morgan fingerprint density at radius 3 is 1.35 bits per heavy atom. The Hall–Kier alpha value is -6.18. The molecule has 0 saturated carbocycles. The zero-order valence-electron chi connectivity index (χ0n) is 26.5. The molecule has 1 heteroatoms. The second-order valence-corrected chi connectivity index (χ2v) is 12.8. The van der Waals surface area contributed by atoms with Crippen molar-refractivity contribution in [2.75, 3.05) is 0 Å². The van der Waals surface area contributed by atoms with E-state index >= 15 is 0 Å². The average Bonchev–Trinajstić information content (AvgIpc) is 3.53. The van der Waals surface area contributed by atoms with Crippen LogP contribution in [0.15, 0.2) is 168 Å². The number of benzene rings is 9. The summed E-state index contributed by atoms with van der Waals surface area (Å²) in [7, 11) is 0. The number of aryl methyl sites for hydroxylation is 1. The Morgan fingerprint density at radius 1 is 0.333 bits per heavy atom. The molecule has 224 valence electrons. The van der Waals surface area contributed by atoms with Crippen LogP contribution in [0.25, 0.3) is 98.4 Å². The lowest BCUT2D eigenvalue weighted by Gasteiger charge is -2.17. The Labute approximate surface area is 278 Å². The van der Waals surface area contributed by atoms with Crippen LogP contribution in [0.4, 0.5) is 0 Å². The number of furan rings is 1. The first-order valence-electron chi connectivity index (χ1n) is 16.6. The number of fused-ring (bicyclic) bond motifs is 7. The first kappa shape index (κ1) is 27.0. The molecule has 0 saturated heterocycles. The van der Waals surface area contributed by atoms with Crippen molar-refractivity contribution >= 4 is 65.0 Å². The van der Waals surface area contributed by atoms with Crippen LogP contribution in [-0.4, -0.2) is 0 Å². The number of para-hydroxylation sites is 1. The van der Waals surface area contributed by atoms with Crippen molar-refractivity contribution in [1.29, 1.82) is 0 Å². The highest BCUT2D eigenvalue weighted by atomic mass is 16.3. The van der Waals surface area contributed by atoms with Crippen LogP contribution in [0.1, 0.15) is 5.56 Å². The van der Waals surface area contributed by atoms with Gasteiger partial charge in [0, 0.05) is 21.9 Å². The van der Waals surface area contributed by atoms with Crippen LogP contribution in [0.3, 0.4) is 0 Å². The molecule has 9 aromatic carbocycles. The molecule has 0 amide bonds. The van der Waals surface area contributed by atoms with Crippen LogP contribution in [0, 0.1) is 6.92 Å². The predicted octanol–water partition coefficient (Wildman–Crippen LogP) is 13.5. The molecule has 0 unspecified atom stereocenters. The minimum Gasteiger partial charge on any atom is -0.455 e. The largest absolute Gasteiger partial charge is 0.455 e. The molecule has 0 N–H and O–H groups in total. The zero-order chi connectivity index (χ0) is 31.8. The van der Waals surface area contributed by atoms with Gasteiger partial charge in [-0.15, -0.1) is 0 Å². The Bertz CT molecular complexity index is 2780. The van der Waals surface area contributed by atoms with E-state index in [0.29, 0.717) is 0 Å². The summed E-state index contributed by atoms with van der Waals surface area (Å²) >= 11 is 0. The van der Waals surface area contributed by atoms with Gasteiger partial charge in [0.2, 0.25) is 0 Å². The highest BCUT2D eigenvalue weighted by molar-refractivity contribution is 6.23. The molecule has 0 atom stereocenters. The summed E-state index contributed by atoms with van der Waals surface area (Å²) < 4.78 is 6.81. The average molecular weight is 611 g/mol. The normalized spacial score (nSPS) is 11.9. The van der Waals surface area contributed by atoms with Gasteiger partial charge in [0.05, 0.1) is 0 Å². The predicted molar refractivity (Wildman–Crippen MR) is 205 cm³/mol. The third-order valence-corrected chi connectivity index (χ3v) is 10.2. The van der Waals surface area contributed by atoms with Crippen LogP contribution >= 0.6 is 0 Å². The fraction of sp³-hybridized carbons (Fsp3) is 0.0213. The lowest BCUT2D eigenvalue weighted by molar-refractivity contribution is 0.670. The van der Waals surface area contributed by atoms with Gasteiger partial charge in [0.15, 0.2) is 0 Å². The Morgan fingerprint density at radius 2 is 0.792 bits per heavy atom. The summed E-state index contributed by atoms with van der Waals surface area (Å²) in [6, 6.07) is 59.3. The molecule has 0 aliphatic rings. The first-order valence-corrected chi connectivity index (χ1v) is 16.6. The minimum atomic E-state index is 0.899. The van der Waals surface area contributed by atoms with Crippen molar-refractivity contribution in [3.05, 3.63) is 169 Å². The summed E-state index contributed by atoms with van der Waals surface area (Å²) in [6.07, 6.45) is 0. The lowest BCUT2D eigenvalue weighted by atomic mass is 9.85. The molecule has 0 bridgehead atoms. The fourth-order valence-corrected chi connectivity index (χ4v) is 8.14. The molecule has 10 aromatic rings. The topological polar surface area (TPSA) is 13.1 Å². The molecular formula is C47H30O. The van der Waals surface area contributed by atoms with E-state index in [-0.39, 0.29) is 0 Å². The SMILES string of the molecule is Cc1c2ccccc2c(-c2cccc3c2oc2ccc(-c4c5ccccc5c(-c5ccccc5)c5ccccc45)cc23)c2ccccc12. The van der Waals surface area contributed by atoms with Gasteiger partial charge in [0.1, 0.15) is 11.2 Å². The van der Waals surface area contributed by atoms with Crippen LogP contribution in [0.5, 0.6) is 0 Å². The Kier molecular flexibility index (Phi) is 5.86. The van der Waals surface area contributed by atoms with Crippen molar-refractivity contribution in [3.63, 3.8) is 0 Å². The summed E-state index contributed by atoms with van der Waals surface area (Å²) in [6.45, 7) is 2.23. The monoisotopic (exact) mass is 610 g/mol. The van der Waals surface area contributed by atoms with Crippen molar-refractivity contribution in [2.45, 2.75) is 6.92 Å². The van der Waals surface area contributed by atoms with Gasteiger partial charge in [-0.2, -0.15) is 0 Å². The summed E-state index contributed by atoms with van der Waals surface area (Å²) in [5.74, 6) is 0. The summed E-state index contributed by atoms with van der Waals surface area (Å²) in [5.41, 5.74) is 10.4. The van der Waals surface area contributed by atoms with Gasteiger partial charge in [-0.05, 0) is 90.0 Å². The van der Waals surface area contributed by atoms with E-state index in [1.807, 2.05) is 0 Å². The van der Waals surface area contributed by atoms with E-state index in [4.69, 9.17) is 4.42 Å². The van der Waals surface area contributed by atoms with E-state index in [2.05, 4.69) is 171 Å². The van der Waals surface area contributed by atoms with Gasteiger partial charge in [-0.3, -0.25) is 0 Å². The van der Waals surface area contributed by atoms with Crippen LogP contribution in [-0.2, 0) is 0 Å². The molecular weight excluding hydrogens is 581 g/mol. The fourth-order valence-electron chi connectivity index (χ4n) is 8.14. The van der Waals surface area contributed by atoms with Crippen molar-refractivity contribution in [3.8, 4) is 33.4 Å². The van der Waals surface area contributed by atoms with Crippen molar-refractivity contribution in [1.82, 2.24) is 0 Å². The number of rotatable bonds is 3.